The lowest BCUT2D eigenvalue weighted by Gasteiger charge is -2.37. The van der Waals surface area contributed by atoms with Gasteiger partial charge in [-0.2, -0.15) is 0 Å². The fraction of sp³-hybridized carbons (Fsp3) is 0.333. The molecule has 0 saturated carbocycles. The predicted molar refractivity (Wildman–Crippen MR) is 104 cm³/mol. The molecule has 0 unspecified atom stereocenters. The molecule has 1 N–H and O–H groups in total. The number of benzene rings is 2. The summed E-state index contributed by atoms with van der Waals surface area (Å²) in [5.41, 5.74) is 3.06. The number of piperazine rings is 1. The summed E-state index contributed by atoms with van der Waals surface area (Å²) >= 11 is 0. The average molecular weight is 387 g/mol. The van der Waals surface area contributed by atoms with E-state index in [1.165, 1.54) is 17.2 Å². The molecule has 0 spiro atoms. The number of nitrogens with one attached hydrogen (secondary N) is 1. The van der Waals surface area contributed by atoms with E-state index >= 15 is 0 Å². The monoisotopic (exact) mass is 387 g/mol. The van der Waals surface area contributed by atoms with E-state index < -0.39 is 29.6 Å². The topological polar surface area (TPSA) is 52.7 Å². The van der Waals surface area contributed by atoms with Gasteiger partial charge in [0, 0.05) is 31.9 Å². The van der Waals surface area contributed by atoms with Crippen molar-refractivity contribution in [3.05, 3.63) is 59.2 Å². The Morgan fingerprint density at radius 3 is 2.21 bits per heavy atom. The van der Waals surface area contributed by atoms with Crippen LogP contribution >= 0.6 is 0 Å². The van der Waals surface area contributed by atoms with Gasteiger partial charge in [-0.25, -0.2) is 8.78 Å². The summed E-state index contributed by atoms with van der Waals surface area (Å²) in [5, 5.41) is 2.15. The zero-order valence-corrected chi connectivity index (χ0v) is 16.0. The number of nitrogens with zero attached hydrogens (tertiary/aromatic N) is 2. The van der Waals surface area contributed by atoms with Crippen molar-refractivity contribution < 1.29 is 18.4 Å². The highest BCUT2D eigenvalue weighted by Gasteiger charge is 2.24. The molecule has 0 atom stereocenters. The molecule has 0 bridgehead atoms. The van der Waals surface area contributed by atoms with Crippen LogP contribution in [-0.4, -0.2) is 42.9 Å². The lowest BCUT2D eigenvalue weighted by molar-refractivity contribution is -0.134. The fourth-order valence-electron chi connectivity index (χ4n) is 3.32. The number of rotatable bonds is 4. The van der Waals surface area contributed by atoms with Crippen LogP contribution in [-0.2, 0) is 9.59 Å². The lowest BCUT2D eigenvalue weighted by Crippen LogP contribution is -2.49. The molecule has 2 aromatic rings. The minimum absolute atomic E-state index is 0.352. The van der Waals surface area contributed by atoms with Gasteiger partial charge in [0.2, 0.25) is 11.8 Å². The highest BCUT2D eigenvalue weighted by atomic mass is 19.1. The maximum atomic E-state index is 13.6. The van der Waals surface area contributed by atoms with Crippen LogP contribution in [0.15, 0.2) is 36.4 Å². The third-order valence-electron chi connectivity index (χ3n) is 5.09. The van der Waals surface area contributed by atoms with Gasteiger partial charge in [-0.1, -0.05) is 18.2 Å². The minimum atomic E-state index is -0.872. The van der Waals surface area contributed by atoms with Crippen molar-refractivity contribution in [1.82, 2.24) is 4.90 Å². The highest BCUT2D eigenvalue weighted by Crippen LogP contribution is 2.24. The number of aryl methyl sites for hydroxylation is 1. The smallest absolute Gasteiger partial charge is 0.233 e. The molecule has 5 nitrogen and oxygen atoms in total. The molecule has 7 heteroatoms. The zero-order chi connectivity index (χ0) is 20.3. The van der Waals surface area contributed by atoms with Crippen LogP contribution in [0.2, 0.25) is 0 Å². The first kappa shape index (κ1) is 19.8. The quantitative estimate of drug-likeness (QED) is 0.820. The van der Waals surface area contributed by atoms with Crippen LogP contribution < -0.4 is 10.2 Å². The first-order valence-electron chi connectivity index (χ1n) is 9.19. The molecule has 2 aromatic carbocycles. The van der Waals surface area contributed by atoms with Crippen molar-refractivity contribution >= 4 is 23.2 Å². The van der Waals surface area contributed by atoms with Crippen LogP contribution in [0.25, 0.3) is 0 Å². The molecular formula is C21H23F2N3O2. The maximum Gasteiger partial charge on any atom is 0.233 e. The highest BCUT2D eigenvalue weighted by molar-refractivity contribution is 6.03. The Morgan fingerprint density at radius 2 is 1.57 bits per heavy atom. The van der Waals surface area contributed by atoms with Crippen molar-refractivity contribution in [2.75, 3.05) is 36.4 Å². The van der Waals surface area contributed by atoms with Gasteiger partial charge in [0.25, 0.3) is 0 Å². The SMILES string of the molecule is Cc1cccc(N2CCN(C(=O)CC(=O)Nc3c(F)cccc3F)CC2)c1C. The summed E-state index contributed by atoms with van der Waals surface area (Å²) in [5.74, 6) is -2.83. The van der Waals surface area contributed by atoms with Gasteiger partial charge < -0.3 is 15.1 Å². The molecule has 1 heterocycles. The Morgan fingerprint density at radius 1 is 0.964 bits per heavy atom. The van der Waals surface area contributed by atoms with Gasteiger partial charge in [-0.05, 0) is 43.2 Å². The van der Waals surface area contributed by atoms with Crippen LogP contribution in [0.4, 0.5) is 20.2 Å². The minimum Gasteiger partial charge on any atom is -0.368 e. The van der Waals surface area contributed by atoms with Crippen LogP contribution in [0.3, 0.4) is 0 Å². The van der Waals surface area contributed by atoms with E-state index in [9.17, 15) is 18.4 Å². The second kappa shape index (κ2) is 8.37. The van der Waals surface area contributed by atoms with Gasteiger partial charge in [0.15, 0.2) is 0 Å². The second-order valence-corrected chi connectivity index (χ2v) is 6.91. The fourth-order valence-corrected chi connectivity index (χ4v) is 3.32. The van der Waals surface area contributed by atoms with Crippen LogP contribution in [0.1, 0.15) is 17.5 Å². The van der Waals surface area contributed by atoms with Crippen molar-refractivity contribution in [3.63, 3.8) is 0 Å². The van der Waals surface area contributed by atoms with E-state index in [1.54, 1.807) is 4.90 Å². The number of carbonyl (C=O) groups is 2. The number of amides is 2. The molecule has 1 aliphatic rings. The predicted octanol–water partition coefficient (Wildman–Crippen LogP) is 3.26. The van der Waals surface area contributed by atoms with Crippen LogP contribution in [0, 0.1) is 25.5 Å². The molecular weight excluding hydrogens is 364 g/mol. The van der Waals surface area contributed by atoms with Gasteiger partial charge in [0.1, 0.15) is 23.7 Å². The summed E-state index contributed by atoms with van der Waals surface area (Å²) in [6, 6.07) is 9.45. The second-order valence-electron chi connectivity index (χ2n) is 6.91. The van der Waals surface area contributed by atoms with E-state index in [2.05, 4.69) is 36.2 Å². The largest absolute Gasteiger partial charge is 0.368 e. The Bertz CT molecular complexity index is 873. The molecule has 28 heavy (non-hydrogen) atoms. The molecule has 3 rings (SSSR count). The number of carbonyl (C=O) groups excluding carboxylic acids is 2. The van der Waals surface area contributed by atoms with E-state index in [-0.39, 0.29) is 5.91 Å². The average Bonchev–Trinajstić information content (AvgIpc) is 2.67. The summed E-state index contributed by atoms with van der Waals surface area (Å²) in [6.45, 7) is 6.46. The maximum absolute atomic E-state index is 13.6. The van der Waals surface area contributed by atoms with E-state index in [0.29, 0.717) is 26.2 Å². The first-order valence-corrected chi connectivity index (χ1v) is 9.19. The van der Waals surface area contributed by atoms with Crippen molar-refractivity contribution in [2.24, 2.45) is 0 Å². The van der Waals surface area contributed by atoms with Gasteiger partial charge >= 0.3 is 0 Å². The number of para-hydroxylation sites is 1. The Labute approximate surface area is 162 Å². The third kappa shape index (κ3) is 4.30. The summed E-state index contributed by atoms with van der Waals surface area (Å²) in [6.07, 6.45) is -0.447. The number of hydrogen-bond acceptors (Lipinski definition) is 3. The molecule has 1 fully saturated rings. The molecule has 1 aliphatic heterocycles. The molecule has 2 amide bonds. The summed E-state index contributed by atoms with van der Waals surface area (Å²) in [4.78, 5) is 28.3. The van der Waals surface area contributed by atoms with Gasteiger partial charge in [-0.15, -0.1) is 0 Å². The van der Waals surface area contributed by atoms with Crippen molar-refractivity contribution in [1.29, 1.82) is 0 Å². The normalized spacial score (nSPS) is 14.1. The van der Waals surface area contributed by atoms with Crippen molar-refractivity contribution in [2.45, 2.75) is 20.3 Å². The molecule has 0 radical (unpaired) electrons. The first-order chi connectivity index (χ1) is 13.4. The molecule has 0 aliphatic carbocycles. The Kier molecular flexibility index (Phi) is 5.92. The van der Waals surface area contributed by atoms with Gasteiger partial charge in [0.05, 0.1) is 0 Å². The van der Waals surface area contributed by atoms with E-state index in [4.69, 9.17) is 0 Å². The zero-order valence-electron chi connectivity index (χ0n) is 16.0. The van der Waals surface area contributed by atoms with Gasteiger partial charge in [-0.3, -0.25) is 9.59 Å². The number of anilines is 2. The van der Waals surface area contributed by atoms with E-state index in [0.717, 1.165) is 17.8 Å². The van der Waals surface area contributed by atoms with E-state index in [1.807, 2.05) is 6.07 Å². The Balaban J connectivity index is 1.55. The number of halogens is 2. The summed E-state index contributed by atoms with van der Waals surface area (Å²) in [7, 11) is 0. The number of hydrogen-bond donors (Lipinski definition) is 1. The molecule has 0 aromatic heterocycles. The Hall–Kier alpha value is -2.96. The van der Waals surface area contributed by atoms with Crippen LogP contribution in [0.5, 0.6) is 0 Å². The summed E-state index contributed by atoms with van der Waals surface area (Å²) < 4.78 is 27.2. The van der Waals surface area contributed by atoms with Crippen molar-refractivity contribution in [3.8, 4) is 0 Å². The molecule has 148 valence electrons. The molecule has 1 saturated heterocycles. The standard InChI is InChI=1S/C21H23F2N3O2/c1-14-5-3-8-18(15(14)2)25-9-11-26(12-10-25)20(28)13-19(27)24-21-16(22)6-4-7-17(21)23/h3-8H,9-13H2,1-2H3,(H,24,27). The third-order valence-corrected chi connectivity index (χ3v) is 5.09. The lowest BCUT2D eigenvalue weighted by atomic mass is 10.1.